The molecule has 0 radical (unpaired) electrons. The van der Waals surface area contributed by atoms with Gasteiger partial charge in [-0.15, -0.1) is 0 Å². The van der Waals surface area contributed by atoms with E-state index in [0.29, 0.717) is 5.82 Å². The van der Waals surface area contributed by atoms with Gasteiger partial charge in [-0.05, 0) is 37.6 Å². The molecule has 0 aliphatic carbocycles. The Morgan fingerprint density at radius 1 is 1.53 bits per heavy atom. The summed E-state index contributed by atoms with van der Waals surface area (Å²) in [5.41, 5.74) is 0. The van der Waals surface area contributed by atoms with Crippen LogP contribution >= 0.6 is 11.6 Å². The maximum Gasteiger partial charge on any atom is 0.205 e. The Hall–Kier alpha value is -1.62. The number of rotatable bonds is 4. The first kappa shape index (κ1) is 11.9. The van der Waals surface area contributed by atoms with Crippen molar-refractivity contribution in [3.63, 3.8) is 0 Å². The summed E-state index contributed by atoms with van der Waals surface area (Å²) in [6, 6.07) is 3.27. The van der Waals surface area contributed by atoms with Gasteiger partial charge in [0.2, 0.25) is 5.78 Å². The number of carbonyl (C=O) groups is 1. The number of furan rings is 1. The lowest BCUT2D eigenvalue weighted by Crippen LogP contribution is -2.12. The molecule has 0 bridgehead atoms. The van der Waals surface area contributed by atoms with Crippen LogP contribution in [0.1, 0.15) is 36.3 Å². The molecule has 5 nitrogen and oxygen atoms in total. The van der Waals surface area contributed by atoms with Gasteiger partial charge >= 0.3 is 0 Å². The minimum absolute atomic E-state index is 0.155. The van der Waals surface area contributed by atoms with Gasteiger partial charge in [-0.25, -0.2) is 9.67 Å². The van der Waals surface area contributed by atoms with Crippen molar-refractivity contribution in [3.8, 4) is 0 Å². The fourth-order valence-corrected chi connectivity index (χ4v) is 1.67. The highest BCUT2D eigenvalue weighted by molar-refractivity contribution is 6.29. The fraction of sp³-hybridized carbons (Fsp3) is 0.364. The van der Waals surface area contributed by atoms with Crippen molar-refractivity contribution in [1.82, 2.24) is 14.8 Å². The molecule has 6 heteroatoms. The molecule has 2 heterocycles. The summed E-state index contributed by atoms with van der Waals surface area (Å²) in [6.07, 6.45) is 1.60. The van der Waals surface area contributed by atoms with E-state index in [1.807, 2.05) is 13.8 Å². The minimum atomic E-state index is -0.160. The molecule has 2 rings (SSSR count). The number of nitrogens with zero attached hydrogens (tertiary/aromatic N) is 3. The Balaban J connectivity index is 2.16. The molecule has 0 aromatic carbocycles. The standard InChI is InChI=1S/C11H12ClN3O2/c1-7(2)15-11(13-6-14-15)5-8(16)9-3-4-10(12)17-9/h3-4,6-7H,5H2,1-2H3. The van der Waals surface area contributed by atoms with Gasteiger partial charge in [-0.1, -0.05) is 0 Å². The van der Waals surface area contributed by atoms with E-state index in [4.69, 9.17) is 16.0 Å². The van der Waals surface area contributed by atoms with Crippen LogP contribution in [0.25, 0.3) is 0 Å². The third-order valence-corrected chi connectivity index (χ3v) is 2.51. The molecule has 90 valence electrons. The Morgan fingerprint density at radius 3 is 2.88 bits per heavy atom. The van der Waals surface area contributed by atoms with Gasteiger partial charge in [0.1, 0.15) is 12.2 Å². The zero-order valence-corrected chi connectivity index (χ0v) is 10.3. The maximum absolute atomic E-state index is 11.9. The smallest absolute Gasteiger partial charge is 0.205 e. The van der Waals surface area contributed by atoms with Gasteiger partial charge in [-0.2, -0.15) is 5.10 Å². The van der Waals surface area contributed by atoms with E-state index in [2.05, 4.69) is 10.1 Å². The minimum Gasteiger partial charge on any atom is -0.442 e. The zero-order valence-electron chi connectivity index (χ0n) is 9.55. The number of halogens is 1. The number of hydrogen-bond donors (Lipinski definition) is 0. The van der Waals surface area contributed by atoms with Crippen molar-refractivity contribution >= 4 is 17.4 Å². The quantitative estimate of drug-likeness (QED) is 0.786. The van der Waals surface area contributed by atoms with Crippen molar-refractivity contribution in [2.45, 2.75) is 26.3 Å². The number of Topliss-reactive ketones (excluding diaryl/α,β-unsaturated/α-hetero) is 1. The molecule has 0 saturated carbocycles. The second-order valence-electron chi connectivity index (χ2n) is 3.92. The van der Waals surface area contributed by atoms with E-state index < -0.39 is 0 Å². The van der Waals surface area contributed by atoms with E-state index in [0.717, 1.165) is 0 Å². The molecule has 0 spiro atoms. The largest absolute Gasteiger partial charge is 0.442 e. The summed E-state index contributed by atoms with van der Waals surface area (Å²) in [5.74, 6) is 0.706. The molecule has 0 aliphatic heterocycles. The van der Waals surface area contributed by atoms with Crippen LogP contribution in [-0.4, -0.2) is 20.5 Å². The van der Waals surface area contributed by atoms with Crippen LogP contribution in [0.4, 0.5) is 0 Å². The second kappa shape index (κ2) is 4.71. The van der Waals surface area contributed by atoms with Crippen molar-refractivity contribution < 1.29 is 9.21 Å². The number of ketones is 1. The Kier molecular flexibility index (Phi) is 3.28. The van der Waals surface area contributed by atoms with Crippen LogP contribution in [0.3, 0.4) is 0 Å². The first-order valence-corrected chi connectivity index (χ1v) is 5.62. The van der Waals surface area contributed by atoms with Gasteiger partial charge in [0.15, 0.2) is 11.0 Å². The highest BCUT2D eigenvalue weighted by Crippen LogP contribution is 2.15. The predicted octanol–water partition coefficient (Wildman–Crippen LogP) is 2.53. The summed E-state index contributed by atoms with van der Waals surface area (Å²) in [7, 11) is 0. The lowest BCUT2D eigenvalue weighted by molar-refractivity contribution is 0.0962. The summed E-state index contributed by atoms with van der Waals surface area (Å²) >= 11 is 5.62. The van der Waals surface area contributed by atoms with Crippen LogP contribution in [0.15, 0.2) is 22.9 Å². The van der Waals surface area contributed by atoms with Gasteiger partial charge in [-0.3, -0.25) is 4.79 Å². The third-order valence-electron chi connectivity index (χ3n) is 2.30. The average Bonchev–Trinajstić information content (AvgIpc) is 2.86. The van der Waals surface area contributed by atoms with Gasteiger partial charge < -0.3 is 4.42 Å². The lowest BCUT2D eigenvalue weighted by atomic mass is 10.2. The molecule has 0 aliphatic rings. The van der Waals surface area contributed by atoms with E-state index in [1.54, 1.807) is 16.8 Å². The molecule has 0 fully saturated rings. The van der Waals surface area contributed by atoms with Gasteiger partial charge in [0.25, 0.3) is 0 Å². The van der Waals surface area contributed by atoms with Crippen molar-refractivity contribution in [1.29, 1.82) is 0 Å². The average molecular weight is 254 g/mol. The molecule has 0 N–H and O–H groups in total. The molecule has 0 saturated heterocycles. The molecular weight excluding hydrogens is 242 g/mol. The molecule has 0 unspecified atom stereocenters. The van der Waals surface area contributed by atoms with Crippen LogP contribution in [0, 0.1) is 0 Å². The van der Waals surface area contributed by atoms with Crippen LogP contribution < -0.4 is 0 Å². The first-order valence-electron chi connectivity index (χ1n) is 5.25. The van der Waals surface area contributed by atoms with Crippen molar-refractivity contribution in [2.24, 2.45) is 0 Å². The van der Waals surface area contributed by atoms with E-state index in [-0.39, 0.29) is 29.2 Å². The zero-order chi connectivity index (χ0) is 12.4. The van der Waals surface area contributed by atoms with Crippen molar-refractivity contribution in [3.05, 3.63) is 35.3 Å². The third kappa shape index (κ3) is 2.55. The highest BCUT2D eigenvalue weighted by atomic mass is 35.5. The lowest BCUT2D eigenvalue weighted by Gasteiger charge is -2.07. The van der Waals surface area contributed by atoms with E-state index >= 15 is 0 Å². The number of aromatic nitrogens is 3. The maximum atomic E-state index is 11.9. The molecule has 2 aromatic rings. The van der Waals surface area contributed by atoms with Crippen LogP contribution in [-0.2, 0) is 6.42 Å². The first-order chi connectivity index (χ1) is 8.08. The van der Waals surface area contributed by atoms with Gasteiger partial charge in [0.05, 0.1) is 6.42 Å². The molecule has 0 atom stereocenters. The Labute approximate surface area is 103 Å². The SMILES string of the molecule is CC(C)n1ncnc1CC(=O)c1ccc(Cl)o1. The number of hydrogen-bond acceptors (Lipinski definition) is 4. The second-order valence-corrected chi connectivity index (χ2v) is 4.29. The van der Waals surface area contributed by atoms with Crippen LogP contribution in [0.5, 0.6) is 0 Å². The topological polar surface area (TPSA) is 60.9 Å². The monoisotopic (exact) mass is 253 g/mol. The summed E-state index contributed by atoms with van der Waals surface area (Å²) in [4.78, 5) is 15.9. The van der Waals surface area contributed by atoms with Crippen molar-refractivity contribution in [2.75, 3.05) is 0 Å². The van der Waals surface area contributed by atoms with Crippen LogP contribution in [0.2, 0.25) is 5.22 Å². The summed E-state index contributed by atoms with van der Waals surface area (Å²) in [5, 5.41) is 4.27. The Bertz CT molecular complexity index is 530. The molecule has 2 aromatic heterocycles. The number of carbonyl (C=O) groups excluding carboxylic acids is 1. The van der Waals surface area contributed by atoms with Gasteiger partial charge in [0, 0.05) is 6.04 Å². The molecule has 0 amide bonds. The summed E-state index contributed by atoms with van der Waals surface area (Å²) in [6.45, 7) is 3.96. The highest BCUT2D eigenvalue weighted by Gasteiger charge is 2.16. The Morgan fingerprint density at radius 2 is 2.29 bits per heavy atom. The van der Waals surface area contributed by atoms with E-state index in [9.17, 15) is 4.79 Å². The molecular formula is C11H12ClN3O2. The van der Waals surface area contributed by atoms with E-state index in [1.165, 1.54) is 6.33 Å². The predicted molar refractivity (Wildman–Crippen MR) is 62.2 cm³/mol. The summed E-state index contributed by atoms with van der Waals surface area (Å²) < 4.78 is 6.76. The molecule has 17 heavy (non-hydrogen) atoms. The normalized spacial score (nSPS) is 11.1. The fourth-order valence-electron chi connectivity index (χ4n) is 1.53.